The Kier molecular flexibility index (Phi) is 5.51. The number of aromatic nitrogens is 1. The fraction of sp³-hybridized carbons (Fsp3) is 0.458. The van der Waals surface area contributed by atoms with Crippen LogP contribution in [0.3, 0.4) is 0 Å². The van der Waals surface area contributed by atoms with E-state index in [4.69, 9.17) is 0 Å². The van der Waals surface area contributed by atoms with Crippen LogP contribution in [0.2, 0.25) is 0 Å². The second-order valence-corrected chi connectivity index (χ2v) is 9.94. The van der Waals surface area contributed by atoms with Gasteiger partial charge in [-0.1, -0.05) is 0 Å². The van der Waals surface area contributed by atoms with Crippen LogP contribution in [0.25, 0.3) is 0 Å². The van der Waals surface area contributed by atoms with E-state index in [0.29, 0.717) is 24.2 Å². The zero-order valence-corrected chi connectivity index (χ0v) is 19.4. The minimum absolute atomic E-state index is 0.0204. The van der Waals surface area contributed by atoms with Crippen LogP contribution in [0.5, 0.6) is 0 Å². The molecule has 0 radical (unpaired) electrons. The van der Waals surface area contributed by atoms with Crippen molar-refractivity contribution in [2.45, 2.75) is 50.1 Å². The molecule has 2 saturated carbocycles. The van der Waals surface area contributed by atoms with Gasteiger partial charge in [-0.2, -0.15) is 0 Å². The molecule has 7 nitrogen and oxygen atoms in total. The zero-order valence-electron chi connectivity index (χ0n) is 19.4. The monoisotopic (exact) mass is 510 g/mol. The van der Waals surface area contributed by atoms with Crippen molar-refractivity contribution in [3.05, 3.63) is 52.1 Å². The van der Waals surface area contributed by atoms with Crippen molar-refractivity contribution in [1.29, 1.82) is 0 Å². The summed E-state index contributed by atoms with van der Waals surface area (Å²) in [6.45, 7) is 1.53. The Morgan fingerprint density at radius 2 is 1.75 bits per heavy atom. The number of nitrogens with zero attached hydrogens (tertiary/aromatic N) is 1. The molecule has 2 aromatic rings. The number of benzene rings is 1. The summed E-state index contributed by atoms with van der Waals surface area (Å²) in [4.78, 5) is 39.3. The van der Waals surface area contributed by atoms with Gasteiger partial charge in [0.25, 0.3) is 23.5 Å². The Labute approximate surface area is 202 Å². The van der Waals surface area contributed by atoms with Crippen molar-refractivity contribution >= 4 is 23.3 Å². The fourth-order valence-corrected chi connectivity index (χ4v) is 5.70. The predicted octanol–water partition coefficient (Wildman–Crippen LogP) is 3.27. The first-order valence-electron chi connectivity index (χ1n) is 11.5. The summed E-state index contributed by atoms with van der Waals surface area (Å²) >= 11 is 0. The van der Waals surface area contributed by atoms with E-state index in [2.05, 4.69) is 16.0 Å². The summed E-state index contributed by atoms with van der Waals surface area (Å²) in [5.74, 6) is -10.2. The van der Waals surface area contributed by atoms with Gasteiger partial charge in [-0.3, -0.25) is 14.4 Å². The number of carbonyl (C=O) groups excluding carboxylic acids is 3. The van der Waals surface area contributed by atoms with Crippen LogP contribution in [-0.4, -0.2) is 47.2 Å². The molecule has 2 aliphatic carbocycles. The topological polar surface area (TPSA) is 92.2 Å². The van der Waals surface area contributed by atoms with Gasteiger partial charge in [0.15, 0.2) is 17.5 Å². The summed E-state index contributed by atoms with van der Waals surface area (Å²) in [5, 5.41) is 7.55. The number of nitrogens with one attached hydrogen (secondary N) is 3. The van der Waals surface area contributed by atoms with Crippen LogP contribution in [0.1, 0.15) is 57.4 Å². The molecule has 1 aromatic heterocycles. The third-order valence-corrected chi connectivity index (χ3v) is 7.20. The maximum absolute atomic E-state index is 13.6. The van der Waals surface area contributed by atoms with E-state index >= 15 is 0 Å². The third-order valence-electron chi connectivity index (χ3n) is 7.20. The highest BCUT2D eigenvalue weighted by atomic mass is 19.3. The smallest absolute Gasteiger partial charge is 0.292 e. The van der Waals surface area contributed by atoms with E-state index in [-0.39, 0.29) is 41.0 Å². The van der Waals surface area contributed by atoms with Gasteiger partial charge in [0.2, 0.25) is 0 Å². The van der Waals surface area contributed by atoms with E-state index in [1.54, 1.807) is 11.6 Å². The Bertz CT molecular complexity index is 1290. The highest BCUT2D eigenvalue weighted by Crippen LogP contribution is 2.54. The Hall–Kier alpha value is -3.28. The van der Waals surface area contributed by atoms with Crippen LogP contribution in [0.4, 0.5) is 27.6 Å². The Morgan fingerprint density at radius 1 is 1.11 bits per heavy atom. The van der Waals surface area contributed by atoms with Gasteiger partial charge >= 0.3 is 0 Å². The largest absolute Gasteiger partial charge is 0.342 e. The molecule has 2 amide bonds. The van der Waals surface area contributed by atoms with E-state index in [0.717, 1.165) is 6.42 Å². The van der Waals surface area contributed by atoms with Gasteiger partial charge < -0.3 is 20.5 Å². The summed E-state index contributed by atoms with van der Waals surface area (Å²) in [7, 11) is 1.55. The van der Waals surface area contributed by atoms with Crippen LogP contribution in [0.15, 0.2) is 12.1 Å². The van der Waals surface area contributed by atoms with Gasteiger partial charge in [0, 0.05) is 48.9 Å². The lowest BCUT2D eigenvalue weighted by Gasteiger charge is -2.47. The maximum Gasteiger partial charge on any atom is 0.292 e. The molecule has 192 valence electrons. The van der Waals surface area contributed by atoms with E-state index in [1.807, 2.05) is 0 Å². The number of fused-ring (bicyclic) bond motifs is 3. The molecule has 36 heavy (non-hydrogen) atoms. The van der Waals surface area contributed by atoms with Crippen molar-refractivity contribution in [2.75, 3.05) is 18.9 Å². The summed E-state index contributed by atoms with van der Waals surface area (Å²) < 4.78 is 69.4. The van der Waals surface area contributed by atoms with Crippen molar-refractivity contribution < 1.29 is 36.3 Å². The van der Waals surface area contributed by atoms with E-state index in [1.165, 1.54) is 6.92 Å². The number of rotatable bonds is 7. The first-order chi connectivity index (χ1) is 16.9. The highest BCUT2D eigenvalue weighted by Gasteiger charge is 2.57. The minimum atomic E-state index is -2.94. The maximum atomic E-state index is 13.6. The molecule has 5 rings (SSSR count). The molecule has 3 aliphatic rings. The molecule has 0 spiro atoms. The molecule has 1 aromatic carbocycles. The number of alkyl halides is 2. The number of hydrogen-bond donors (Lipinski definition) is 3. The third kappa shape index (κ3) is 3.87. The van der Waals surface area contributed by atoms with Crippen molar-refractivity contribution in [1.82, 2.24) is 15.2 Å². The van der Waals surface area contributed by atoms with Gasteiger partial charge in [-0.05, 0) is 38.3 Å². The van der Waals surface area contributed by atoms with Gasteiger partial charge in [-0.25, -0.2) is 22.0 Å². The number of hydrogen-bond acceptors (Lipinski definition) is 4. The van der Waals surface area contributed by atoms with Gasteiger partial charge in [0.1, 0.15) is 5.69 Å². The molecule has 12 heteroatoms. The SMILES string of the molecule is CNCC1(NC(=O)C(=O)c2c(C)c(C(=O)Nc3cc(F)c(F)c(F)c3)n3c2C[C@H]2C[C@H]23)CC(F)(F)C1. The average Bonchev–Trinajstić information content (AvgIpc) is 3.33. The lowest BCUT2D eigenvalue weighted by molar-refractivity contribution is -0.144. The number of anilines is 1. The van der Waals surface area contributed by atoms with E-state index in [9.17, 15) is 36.3 Å². The molecule has 0 bridgehead atoms. The van der Waals surface area contributed by atoms with Crippen molar-refractivity contribution in [3.8, 4) is 0 Å². The van der Waals surface area contributed by atoms with Crippen LogP contribution in [0, 0.1) is 30.3 Å². The second-order valence-electron chi connectivity index (χ2n) is 9.94. The van der Waals surface area contributed by atoms with Gasteiger partial charge in [-0.15, -0.1) is 0 Å². The standard InChI is InChI=1S/C24H23F5N4O3/c1-10-17(20(34)22(36)32-23(9-30-2)7-24(28,29)8-23)16-4-11-3-15(11)33(16)19(10)21(35)31-12-5-13(25)18(27)14(26)6-12/h5-6,11,15,30H,3-4,7-9H2,1-2H3,(H,31,35)(H,32,36)/t11-,15-/m1/s1. The molecule has 0 saturated heterocycles. The van der Waals surface area contributed by atoms with Crippen LogP contribution < -0.4 is 16.0 Å². The predicted molar refractivity (Wildman–Crippen MR) is 118 cm³/mol. The van der Waals surface area contributed by atoms with Crippen LogP contribution >= 0.6 is 0 Å². The number of likely N-dealkylation sites (N-methyl/N-ethyl adjacent to an activating group) is 1. The first-order valence-corrected chi connectivity index (χ1v) is 11.5. The lowest BCUT2D eigenvalue weighted by Crippen LogP contribution is -2.67. The lowest BCUT2D eigenvalue weighted by atomic mass is 9.73. The van der Waals surface area contributed by atoms with Crippen molar-refractivity contribution in [2.24, 2.45) is 5.92 Å². The summed E-state index contributed by atoms with van der Waals surface area (Å²) in [5.41, 5.74) is -0.832. The minimum Gasteiger partial charge on any atom is -0.342 e. The zero-order chi connectivity index (χ0) is 26.2. The molecule has 2 fully saturated rings. The molecule has 2 heterocycles. The summed E-state index contributed by atoms with van der Waals surface area (Å²) in [6.07, 6.45) is 0.0126. The number of carbonyl (C=O) groups is 3. The normalized spacial score (nSPS) is 22.3. The second kappa shape index (κ2) is 8.12. The number of amides is 2. The molecular weight excluding hydrogens is 487 g/mol. The highest BCUT2D eigenvalue weighted by molar-refractivity contribution is 6.44. The van der Waals surface area contributed by atoms with E-state index < -0.39 is 59.4 Å². The number of Topliss-reactive ketones (excluding diaryl/α,β-unsaturated/α-hetero) is 1. The molecular formula is C24H23F5N4O3. The quantitative estimate of drug-likeness (QED) is 0.231. The fourth-order valence-electron chi connectivity index (χ4n) is 5.70. The number of halogens is 5. The van der Waals surface area contributed by atoms with Crippen LogP contribution in [-0.2, 0) is 11.2 Å². The average molecular weight is 510 g/mol. The Balaban J connectivity index is 1.44. The molecule has 3 N–H and O–H groups in total. The first kappa shape index (κ1) is 24.4. The summed E-state index contributed by atoms with van der Waals surface area (Å²) in [6, 6.07) is 1.20. The molecule has 0 unspecified atom stereocenters. The molecule has 2 atom stereocenters. The number of ketones is 1. The molecule has 1 aliphatic heterocycles. The van der Waals surface area contributed by atoms with Crippen molar-refractivity contribution in [3.63, 3.8) is 0 Å². The Morgan fingerprint density at radius 3 is 2.33 bits per heavy atom. The van der Waals surface area contributed by atoms with Gasteiger partial charge in [0.05, 0.1) is 11.1 Å².